The number of aromatic nitrogens is 1. The van der Waals surface area contributed by atoms with Crippen LogP contribution in [0.25, 0.3) is 27.5 Å². The van der Waals surface area contributed by atoms with Gasteiger partial charge in [0, 0.05) is 37.4 Å². The molecule has 0 saturated carbocycles. The van der Waals surface area contributed by atoms with Crippen LogP contribution in [0.3, 0.4) is 0 Å². The number of fused-ring (bicyclic) bond motifs is 13. The third-order valence-corrected chi connectivity index (χ3v) is 11.7. The largest absolute Gasteiger partial charge is 0.309 e. The molecule has 0 fully saturated rings. The fourth-order valence-electron chi connectivity index (χ4n) is 8.75. The molecule has 2 aliphatic heterocycles. The Balaban J connectivity index is 1.32. The van der Waals surface area contributed by atoms with Gasteiger partial charge in [-0.1, -0.05) is 127 Å². The first kappa shape index (κ1) is 26.3. The van der Waals surface area contributed by atoms with E-state index >= 15 is 0 Å². The van der Waals surface area contributed by atoms with Crippen LogP contribution in [0.4, 0.5) is 17.1 Å². The van der Waals surface area contributed by atoms with Gasteiger partial charge >= 0.3 is 0 Å². The predicted molar refractivity (Wildman–Crippen MR) is 195 cm³/mol. The Bertz CT molecular complexity index is 2600. The SMILES string of the molecule is O=C1c2ccccc2C2(c3ccccc31)c1ccc(-n3c4ccccc4c4ccccc43)cc1N1c3ccccc3Sc3cccc2c31. The Morgan fingerprint density at radius 3 is 1.79 bits per heavy atom. The summed E-state index contributed by atoms with van der Waals surface area (Å²) in [4.78, 5) is 19.1. The molecule has 3 nitrogen and oxygen atoms in total. The first-order valence-corrected chi connectivity index (χ1v) is 17.1. The number of hydrogen-bond acceptors (Lipinski definition) is 3. The Kier molecular flexibility index (Phi) is 5.13. The summed E-state index contributed by atoms with van der Waals surface area (Å²) in [6.45, 7) is 0. The molecule has 1 aliphatic carbocycles. The number of rotatable bonds is 1. The lowest BCUT2D eigenvalue weighted by Gasteiger charge is -2.50. The van der Waals surface area contributed by atoms with Gasteiger partial charge in [-0.15, -0.1) is 0 Å². The van der Waals surface area contributed by atoms with Crippen molar-refractivity contribution in [1.29, 1.82) is 0 Å². The summed E-state index contributed by atoms with van der Waals surface area (Å²) in [6, 6.07) is 56.3. The molecule has 11 rings (SSSR count). The van der Waals surface area contributed by atoms with Crippen molar-refractivity contribution < 1.29 is 4.79 Å². The molecule has 1 aromatic heterocycles. The number of carbonyl (C=O) groups is 1. The normalized spacial score (nSPS) is 14.8. The van der Waals surface area contributed by atoms with Crippen molar-refractivity contribution in [2.24, 2.45) is 0 Å². The van der Waals surface area contributed by atoms with Gasteiger partial charge in [0.1, 0.15) is 0 Å². The molecule has 3 aliphatic rings. The molecule has 0 atom stereocenters. The van der Waals surface area contributed by atoms with E-state index in [0.717, 1.165) is 33.6 Å². The van der Waals surface area contributed by atoms with Gasteiger partial charge in [0.2, 0.25) is 0 Å². The minimum Gasteiger partial charge on any atom is -0.309 e. The Morgan fingerprint density at radius 2 is 1.06 bits per heavy atom. The molecule has 0 amide bonds. The minimum absolute atomic E-state index is 0.0854. The van der Waals surface area contributed by atoms with Crippen molar-refractivity contribution in [3.63, 3.8) is 0 Å². The van der Waals surface area contributed by atoms with Crippen LogP contribution in [0.15, 0.2) is 168 Å². The van der Waals surface area contributed by atoms with Crippen LogP contribution in [0.1, 0.15) is 38.2 Å². The van der Waals surface area contributed by atoms with Crippen molar-refractivity contribution >= 4 is 56.4 Å². The first-order chi connectivity index (χ1) is 23.7. The monoisotopic (exact) mass is 630 g/mol. The van der Waals surface area contributed by atoms with E-state index in [9.17, 15) is 4.79 Å². The third-order valence-electron chi connectivity index (χ3n) is 10.6. The van der Waals surface area contributed by atoms with Gasteiger partial charge in [-0.3, -0.25) is 4.79 Å². The van der Waals surface area contributed by atoms with Crippen LogP contribution in [-0.2, 0) is 5.41 Å². The summed E-state index contributed by atoms with van der Waals surface area (Å²) >= 11 is 1.83. The number of anilines is 3. The van der Waals surface area contributed by atoms with E-state index in [-0.39, 0.29) is 5.78 Å². The van der Waals surface area contributed by atoms with Gasteiger partial charge in [0.15, 0.2) is 5.78 Å². The van der Waals surface area contributed by atoms with Crippen molar-refractivity contribution in [3.8, 4) is 5.69 Å². The van der Waals surface area contributed by atoms with Crippen molar-refractivity contribution in [1.82, 2.24) is 4.57 Å². The molecule has 4 heteroatoms. The summed E-state index contributed by atoms with van der Waals surface area (Å²) in [7, 11) is 0. The smallest absolute Gasteiger partial charge is 0.193 e. The zero-order chi connectivity index (χ0) is 31.6. The lowest BCUT2D eigenvalue weighted by atomic mass is 9.57. The number of para-hydroxylation sites is 4. The van der Waals surface area contributed by atoms with E-state index in [4.69, 9.17) is 0 Å². The van der Waals surface area contributed by atoms with E-state index in [1.807, 2.05) is 36.0 Å². The highest BCUT2D eigenvalue weighted by Crippen LogP contribution is 2.64. The fraction of sp³-hybridized carbons (Fsp3) is 0.0227. The van der Waals surface area contributed by atoms with Crippen molar-refractivity contribution in [3.05, 3.63) is 191 Å². The maximum absolute atomic E-state index is 14.2. The molecular weight excluding hydrogens is 605 g/mol. The molecule has 8 aromatic rings. The third kappa shape index (κ3) is 3.13. The van der Waals surface area contributed by atoms with Crippen molar-refractivity contribution in [2.45, 2.75) is 15.2 Å². The predicted octanol–water partition coefficient (Wildman–Crippen LogP) is 11.0. The summed E-state index contributed by atoms with van der Waals surface area (Å²) < 4.78 is 2.40. The van der Waals surface area contributed by atoms with E-state index in [1.165, 1.54) is 54.1 Å². The average molecular weight is 631 g/mol. The second kappa shape index (κ2) is 9.37. The lowest BCUT2D eigenvalue weighted by Crippen LogP contribution is -2.43. The zero-order valence-corrected chi connectivity index (χ0v) is 26.5. The van der Waals surface area contributed by atoms with Gasteiger partial charge in [-0.2, -0.15) is 0 Å². The molecule has 48 heavy (non-hydrogen) atoms. The number of carbonyl (C=O) groups excluding carboxylic acids is 1. The van der Waals surface area contributed by atoms with Gasteiger partial charge in [0.05, 0.1) is 33.5 Å². The van der Waals surface area contributed by atoms with Gasteiger partial charge in [-0.25, -0.2) is 0 Å². The number of nitrogens with zero attached hydrogens (tertiary/aromatic N) is 2. The fourth-order valence-corrected chi connectivity index (χ4v) is 9.84. The molecule has 0 unspecified atom stereocenters. The highest BCUT2D eigenvalue weighted by atomic mass is 32.2. The van der Waals surface area contributed by atoms with Crippen LogP contribution >= 0.6 is 11.8 Å². The zero-order valence-electron chi connectivity index (χ0n) is 25.7. The standard InChI is InChI=1S/C44H26N2OS/c47-43-30-14-1-5-16-32(30)44(33-17-6-2-15-31(33)43)34-25-24-27(45-36-19-7-3-12-28(36)29-13-4-8-20-37(29)45)26-39(34)46-38-21-9-10-22-40(38)48-41-23-11-18-35(44)42(41)46/h1-26H. The Labute approximate surface area is 281 Å². The first-order valence-electron chi connectivity index (χ1n) is 16.3. The maximum atomic E-state index is 14.2. The quantitative estimate of drug-likeness (QED) is 0.180. The maximum Gasteiger partial charge on any atom is 0.193 e. The van der Waals surface area contributed by atoms with Crippen LogP contribution in [0, 0.1) is 0 Å². The molecule has 0 N–H and O–H groups in total. The molecule has 0 radical (unpaired) electrons. The van der Waals surface area contributed by atoms with E-state index in [0.29, 0.717) is 0 Å². The number of ketones is 1. The second-order valence-corrected chi connectivity index (χ2v) is 13.9. The number of hydrogen-bond donors (Lipinski definition) is 0. The summed E-state index contributed by atoms with van der Waals surface area (Å²) in [5.41, 5.74) is 12.2. The molecule has 0 bridgehead atoms. The summed E-state index contributed by atoms with van der Waals surface area (Å²) in [6.07, 6.45) is 0. The molecule has 3 heterocycles. The highest BCUT2D eigenvalue weighted by Gasteiger charge is 2.53. The lowest BCUT2D eigenvalue weighted by molar-refractivity contribution is 0.103. The van der Waals surface area contributed by atoms with E-state index in [1.54, 1.807) is 0 Å². The van der Waals surface area contributed by atoms with Gasteiger partial charge < -0.3 is 9.47 Å². The molecule has 7 aromatic carbocycles. The number of benzene rings is 7. The molecule has 224 valence electrons. The summed E-state index contributed by atoms with van der Waals surface area (Å²) in [5, 5.41) is 2.48. The Hall–Kier alpha value is -5.84. The molecule has 0 saturated heterocycles. The summed E-state index contributed by atoms with van der Waals surface area (Å²) in [5.74, 6) is 0.0854. The van der Waals surface area contributed by atoms with Crippen LogP contribution in [0.2, 0.25) is 0 Å². The molecule has 1 spiro atoms. The topological polar surface area (TPSA) is 25.2 Å². The highest BCUT2D eigenvalue weighted by molar-refractivity contribution is 7.99. The van der Waals surface area contributed by atoms with Crippen LogP contribution in [0.5, 0.6) is 0 Å². The van der Waals surface area contributed by atoms with Crippen LogP contribution < -0.4 is 4.90 Å². The second-order valence-electron chi connectivity index (χ2n) is 12.8. The van der Waals surface area contributed by atoms with E-state index in [2.05, 4.69) is 143 Å². The van der Waals surface area contributed by atoms with Crippen molar-refractivity contribution in [2.75, 3.05) is 4.90 Å². The van der Waals surface area contributed by atoms with Crippen LogP contribution in [-0.4, -0.2) is 10.4 Å². The minimum atomic E-state index is -0.690. The molecular formula is C44H26N2OS. The van der Waals surface area contributed by atoms with Gasteiger partial charge in [-0.05, 0) is 64.7 Å². The van der Waals surface area contributed by atoms with E-state index < -0.39 is 5.41 Å². The van der Waals surface area contributed by atoms with Gasteiger partial charge in [0.25, 0.3) is 0 Å². The average Bonchev–Trinajstić information content (AvgIpc) is 3.49. The Morgan fingerprint density at radius 1 is 0.479 bits per heavy atom.